The van der Waals surface area contributed by atoms with Gasteiger partial charge in [0, 0.05) is 42.9 Å². The summed E-state index contributed by atoms with van der Waals surface area (Å²) < 4.78 is 24.5. The van der Waals surface area contributed by atoms with Crippen LogP contribution in [0.4, 0.5) is 0 Å². The van der Waals surface area contributed by atoms with Gasteiger partial charge in [-0.3, -0.25) is 14.6 Å². The van der Waals surface area contributed by atoms with Gasteiger partial charge in [-0.1, -0.05) is 71.7 Å². The SMILES string of the molecule is Cc1cc(Oc2ccc(CC(NC(=O)[C@@H]3Cc4cc5c(cc4CN3C(=O)c3ccccc3)O[C@@H](c3ccc(OCc4ccc(Cl)c(Cl)c4)cc3)CO5)C(=O)O)cc2)ccn1. The second-order valence-corrected chi connectivity index (χ2v) is 15.4. The molecule has 0 aliphatic carbocycles. The molecule has 2 aliphatic rings. The largest absolute Gasteiger partial charge is 0.489 e. The molecule has 304 valence electrons. The molecule has 5 aromatic carbocycles. The van der Waals surface area contributed by atoms with Gasteiger partial charge in [-0.05, 0) is 101 Å². The number of carboxylic acid groups (broad SMARTS) is 1. The standard InChI is InChI=1S/C47H39Cl2N3O8/c1-28-19-37(17-18-50-28)59-36-12-7-29(8-13-36)21-40(47(55)56)51-45(53)41-22-33-23-42-43(24-34(33)25-52(41)46(54)32-5-3-2-4-6-32)60-44(27-58-42)31-10-14-35(15-11-31)57-26-30-9-16-38(48)39(49)20-30/h2-20,23-24,40-41,44H,21-22,25-27H2,1H3,(H,51,53)(H,55,56)/t40?,41-,44+/m0/s1. The first-order valence-electron chi connectivity index (χ1n) is 19.3. The van der Waals surface area contributed by atoms with Crippen molar-refractivity contribution in [3.8, 4) is 28.7 Å². The summed E-state index contributed by atoms with van der Waals surface area (Å²) in [5, 5.41) is 13.9. The highest BCUT2D eigenvalue weighted by atomic mass is 35.5. The molecule has 0 fully saturated rings. The third kappa shape index (κ3) is 9.33. The zero-order chi connectivity index (χ0) is 41.8. The monoisotopic (exact) mass is 843 g/mol. The van der Waals surface area contributed by atoms with Crippen LogP contribution in [-0.4, -0.2) is 51.5 Å². The van der Waals surface area contributed by atoms with Crippen LogP contribution in [0.5, 0.6) is 28.7 Å². The highest BCUT2D eigenvalue weighted by Gasteiger charge is 2.38. The van der Waals surface area contributed by atoms with Crippen molar-refractivity contribution in [1.29, 1.82) is 0 Å². The summed E-state index contributed by atoms with van der Waals surface area (Å²) >= 11 is 12.2. The number of nitrogens with zero attached hydrogens (tertiary/aromatic N) is 2. The van der Waals surface area contributed by atoms with E-state index in [-0.39, 0.29) is 31.9 Å². The number of benzene rings is 5. The number of aromatic nitrogens is 1. The number of carbonyl (C=O) groups excluding carboxylic acids is 2. The average Bonchev–Trinajstić information content (AvgIpc) is 3.26. The molecule has 2 aliphatic heterocycles. The molecule has 2 amide bonds. The zero-order valence-electron chi connectivity index (χ0n) is 32.3. The zero-order valence-corrected chi connectivity index (χ0v) is 33.9. The second-order valence-electron chi connectivity index (χ2n) is 14.6. The van der Waals surface area contributed by atoms with Gasteiger partial charge < -0.3 is 34.3 Å². The van der Waals surface area contributed by atoms with Crippen LogP contribution < -0.4 is 24.3 Å². The summed E-state index contributed by atoms with van der Waals surface area (Å²) in [6, 6.07) is 33.6. The first-order chi connectivity index (χ1) is 29.1. The predicted molar refractivity (Wildman–Crippen MR) is 225 cm³/mol. The average molecular weight is 845 g/mol. The van der Waals surface area contributed by atoms with Crippen LogP contribution in [0.2, 0.25) is 10.0 Å². The van der Waals surface area contributed by atoms with Crippen LogP contribution in [0, 0.1) is 6.92 Å². The third-order valence-electron chi connectivity index (χ3n) is 10.4. The first-order valence-corrected chi connectivity index (χ1v) is 20.0. The van der Waals surface area contributed by atoms with Crippen LogP contribution in [-0.2, 0) is 35.6 Å². The van der Waals surface area contributed by atoms with Gasteiger partial charge in [0.25, 0.3) is 5.91 Å². The van der Waals surface area contributed by atoms with Gasteiger partial charge in [-0.25, -0.2) is 4.79 Å². The molecule has 1 aromatic heterocycles. The number of pyridine rings is 1. The van der Waals surface area contributed by atoms with Crippen LogP contribution in [0.25, 0.3) is 0 Å². The van der Waals surface area contributed by atoms with Crippen molar-refractivity contribution in [2.75, 3.05) is 6.61 Å². The summed E-state index contributed by atoms with van der Waals surface area (Å²) in [5.74, 6) is 0.760. The minimum absolute atomic E-state index is 0.0139. The Kier molecular flexibility index (Phi) is 11.9. The van der Waals surface area contributed by atoms with Crippen molar-refractivity contribution in [2.45, 2.75) is 51.1 Å². The van der Waals surface area contributed by atoms with Crippen LogP contribution >= 0.6 is 23.2 Å². The summed E-state index contributed by atoms with van der Waals surface area (Å²) in [6.45, 7) is 2.52. The molecule has 11 nitrogen and oxygen atoms in total. The minimum Gasteiger partial charge on any atom is -0.489 e. The maximum Gasteiger partial charge on any atom is 0.326 e. The van der Waals surface area contributed by atoms with E-state index in [1.54, 1.807) is 79.0 Å². The van der Waals surface area contributed by atoms with E-state index in [0.717, 1.165) is 27.9 Å². The Morgan fingerprint density at radius 1 is 0.833 bits per heavy atom. The van der Waals surface area contributed by atoms with E-state index >= 15 is 0 Å². The molecule has 6 aromatic rings. The fourth-order valence-corrected chi connectivity index (χ4v) is 7.52. The molecule has 1 unspecified atom stereocenters. The second kappa shape index (κ2) is 17.7. The topological polar surface area (TPSA) is 137 Å². The highest BCUT2D eigenvalue weighted by Crippen LogP contribution is 2.41. The number of aryl methyl sites for hydroxylation is 1. The molecule has 3 heterocycles. The lowest BCUT2D eigenvalue weighted by atomic mass is 9.91. The van der Waals surface area contributed by atoms with Crippen molar-refractivity contribution in [3.05, 3.63) is 177 Å². The molecular formula is C47H39Cl2N3O8. The number of rotatable bonds is 12. The molecule has 2 N–H and O–H groups in total. The number of hydrogen-bond donors (Lipinski definition) is 2. The number of carboxylic acids is 1. The smallest absolute Gasteiger partial charge is 0.326 e. The fraction of sp³-hybridized carbons (Fsp3) is 0.191. The van der Waals surface area contributed by atoms with Gasteiger partial charge in [-0.2, -0.15) is 0 Å². The highest BCUT2D eigenvalue weighted by molar-refractivity contribution is 6.42. The lowest BCUT2D eigenvalue weighted by Crippen LogP contribution is -2.56. The number of halogens is 2. The Morgan fingerprint density at radius 2 is 1.57 bits per heavy atom. The molecular weight excluding hydrogens is 805 g/mol. The molecule has 0 spiro atoms. The molecule has 13 heteroatoms. The molecule has 8 rings (SSSR count). The normalized spacial score (nSPS) is 15.9. The van der Waals surface area contributed by atoms with E-state index in [2.05, 4.69) is 10.3 Å². The quantitative estimate of drug-likeness (QED) is 0.124. The summed E-state index contributed by atoms with van der Waals surface area (Å²) in [6.07, 6.45) is 1.40. The van der Waals surface area contributed by atoms with Crippen LogP contribution in [0.3, 0.4) is 0 Å². The van der Waals surface area contributed by atoms with E-state index in [4.69, 9.17) is 42.1 Å². The number of carbonyl (C=O) groups is 3. The van der Waals surface area contributed by atoms with Gasteiger partial charge in [-0.15, -0.1) is 0 Å². The lowest BCUT2D eigenvalue weighted by molar-refractivity contribution is -0.142. The maximum atomic E-state index is 14.1. The van der Waals surface area contributed by atoms with Crippen LogP contribution in [0.1, 0.15) is 50.0 Å². The van der Waals surface area contributed by atoms with E-state index in [0.29, 0.717) is 56.5 Å². The van der Waals surface area contributed by atoms with E-state index in [9.17, 15) is 19.5 Å². The Labute approximate surface area is 356 Å². The van der Waals surface area contributed by atoms with Crippen molar-refractivity contribution >= 4 is 41.0 Å². The van der Waals surface area contributed by atoms with Gasteiger partial charge in [0.1, 0.15) is 42.5 Å². The van der Waals surface area contributed by atoms with Crippen molar-refractivity contribution in [1.82, 2.24) is 15.2 Å². The van der Waals surface area contributed by atoms with Crippen molar-refractivity contribution in [2.24, 2.45) is 0 Å². The number of ether oxygens (including phenoxy) is 4. The summed E-state index contributed by atoms with van der Waals surface area (Å²) in [4.78, 5) is 46.4. The number of fused-ring (bicyclic) bond motifs is 2. The number of aliphatic carboxylic acids is 1. The maximum absolute atomic E-state index is 14.1. The van der Waals surface area contributed by atoms with Crippen molar-refractivity contribution < 1.29 is 38.4 Å². The Morgan fingerprint density at radius 3 is 2.30 bits per heavy atom. The third-order valence-corrected chi connectivity index (χ3v) is 11.1. The minimum atomic E-state index is -1.26. The first kappa shape index (κ1) is 40.2. The number of amides is 2. The van der Waals surface area contributed by atoms with Crippen molar-refractivity contribution in [3.63, 3.8) is 0 Å². The van der Waals surface area contributed by atoms with Gasteiger partial charge in [0.05, 0.1) is 10.0 Å². The fourth-order valence-electron chi connectivity index (χ4n) is 7.20. The molecule has 0 bridgehead atoms. The number of hydrogen-bond acceptors (Lipinski definition) is 8. The van der Waals surface area contributed by atoms with Gasteiger partial charge in [0.2, 0.25) is 5.91 Å². The van der Waals surface area contributed by atoms with E-state index < -0.39 is 30.1 Å². The lowest BCUT2D eigenvalue weighted by Gasteiger charge is -2.37. The van der Waals surface area contributed by atoms with Crippen LogP contribution in [0.15, 0.2) is 128 Å². The van der Waals surface area contributed by atoms with E-state index in [1.165, 1.54) is 4.90 Å². The van der Waals surface area contributed by atoms with Gasteiger partial charge in [0.15, 0.2) is 17.6 Å². The predicted octanol–water partition coefficient (Wildman–Crippen LogP) is 8.96. The summed E-state index contributed by atoms with van der Waals surface area (Å²) in [5.41, 5.74) is 5.25. The Bertz CT molecular complexity index is 2540. The Balaban J connectivity index is 0.966. The Hall–Kier alpha value is -6.56. The molecule has 3 atom stereocenters. The van der Waals surface area contributed by atoms with Gasteiger partial charge >= 0.3 is 5.97 Å². The molecule has 0 saturated carbocycles. The summed E-state index contributed by atoms with van der Waals surface area (Å²) in [7, 11) is 0. The number of nitrogens with one attached hydrogen (secondary N) is 1. The van der Waals surface area contributed by atoms with E-state index in [1.807, 2.05) is 55.5 Å². The molecule has 0 radical (unpaired) electrons. The molecule has 0 saturated heterocycles. The molecule has 60 heavy (non-hydrogen) atoms.